The number of rotatable bonds is 4. The van der Waals surface area contributed by atoms with Crippen LogP contribution in [0.15, 0.2) is 42.5 Å². The maximum absolute atomic E-state index is 12.2. The highest BCUT2D eigenvalue weighted by molar-refractivity contribution is 6.35. The number of nitrogens with zero attached hydrogens (tertiary/aromatic N) is 2. The SMILES string of the molecule is O=C(c1ccccc1)c1cc([N+](=O)[O-])c(Cl)c([N+](=O)[O-])c1. The van der Waals surface area contributed by atoms with Gasteiger partial charge in [0.1, 0.15) is 0 Å². The van der Waals surface area contributed by atoms with E-state index in [1.807, 2.05) is 0 Å². The minimum Gasteiger partial charge on any atom is -0.289 e. The van der Waals surface area contributed by atoms with Crippen molar-refractivity contribution in [3.8, 4) is 0 Å². The van der Waals surface area contributed by atoms with Gasteiger partial charge in [-0.1, -0.05) is 41.9 Å². The van der Waals surface area contributed by atoms with Crippen molar-refractivity contribution in [3.63, 3.8) is 0 Å². The van der Waals surface area contributed by atoms with E-state index in [1.165, 1.54) is 12.1 Å². The zero-order valence-electron chi connectivity index (χ0n) is 10.4. The highest BCUT2D eigenvalue weighted by atomic mass is 35.5. The summed E-state index contributed by atoms with van der Waals surface area (Å²) < 4.78 is 0. The first-order valence-electron chi connectivity index (χ1n) is 5.64. The van der Waals surface area contributed by atoms with Gasteiger partial charge in [0.25, 0.3) is 11.4 Å². The van der Waals surface area contributed by atoms with Crippen molar-refractivity contribution in [1.82, 2.24) is 0 Å². The summed E-state index contributed by atoms with van der Waals surface area (Å²) in [5.41, 5.74) is -1.25. The van der Waals surface area contributed by atoms with Crippen molar-refractivity contribution in [2.75, 3.05) is 0 Å². The zero-order valence-corrected chi connectivity index (χ0v) is 11.1. The van der Waals surface area contributed by atoms with Gasteiger partial charge in [0.05, 0.1) is 9.85 Å². The molecule has 2 aromatic carbocycles. The summed E-state index contributed by atoms with van der Waals surface area (Å²) in [6.45, 7) is 0. The first-order valence-corrected chi connectivity index (χ1v) is 6.01. The molecule has 0 aromatic heterocycles. The van der Waals surface area contributed by atoms with E-state index in [0.717, 1.165) is 12.1 Å². The Bertz CT molecular complexity index is 710. The minimum absolute atomic E-state index is 0.163. The number of benzene rings is 2. The molecule has 0 fully saturated rings. The predicted octanol–water partition coefficient (Wildman–Crippen LogP) is 3.39. The lowest BCUT2D eigenvalue weighted by Crippen LogP contribution is -2.04. The van der Waals surface area contributed by atoms with Crippen LogP contribution in [0.2, 0.25) is 5.02 Å². The van der Waals surface area contributed by atoms with Crippen LogP contribution in [0.5, 0.6) is 0 Å². The number of carbonyl (C=O) groups excluding carboxylic acids is 1. The number of hydrogen-bond acceptors (Lipinski definition) is 5. The number of ketones is 1. The van der Waals surface area contributed by atoms with Gasteiger partial charge in [0.15, 0.2) is 10.8 Å². The maximum atomic E-state index is 12.2. The Balaban J connectivity index is 2.62. The van der Waals surface area contributed by atoms with Crippen LogP contribution < -0.4 is 0 Å². The molecule has 0 aliphatic heterocycles. The molecule has 0 heterocycles. The fraction of sp³-hybridized carbons (Fsp3) is 0. The average molecular weight is 307 g/mol. The molecule has 0 spiro atoms. The first kappa shape index (κ1) is 14.6. The number of nitro groups is 2. The van der Waals surface area contributed by atoms with E-state index in [9.17, 15) is 25.0 Å². The molecule has 0 saturated carbocycles. The van der Waals surface area contributed by atoms with Crippen LogP contribution in [-0.2, 0) is 0 Å². The van der Waals surface area contributed by atoms with Crippen LogP contribution in [0, 0.1) is 20.2 Å². The molecule has 0 bridgehead atoms. The zero-order chi connectivity index (χ0) is 15.6. The van der Waals surface area contributed by atoms with Gasteiger partial charge in [-0.25, -0.2) is 0 Å². The molecule has 0 radical (unpaired) electrons. The second-order valence-corrected chi connectivity index (χ2v) is 4.42. The minimum atomic E-state index is -0.864. The van der Waals surface area contributed by atoms with Crippen molar-refractivity contribution in [2.24, 2.45) is 0 Å². The van der Waals surface area contributed by atoms with Gasteiger partial charge in [-0.2, -0.15) is 0 Å². The number of nitro benzene ring substituents is 2. The summed E-state index contributed by atoms with van der Waals surface area (Å²) in [7, 11) is 0. The normalized spacial score (nSPS) is 10.1. The van der Waals surface area contributed by atoms with Gasteiger partial charge in [0, 0.05) is 23.3 Å². The summed E-state index contributed by atoms with van der Waals surface area (Å²) in [6, 6.07) is 9.82. The third-order valence-corrected chi connectivity index (χ3v) is 3.11. The highest BCUT2D eigenvalue weighted by Crippen LogP contribution is 2.35. The topological polar surface area (TPSA) is 103 Å². The van der Waals surface area contributed by atoms with Crippen LogP contribution in [0.25, 0.3) is 0 Å². The Morgan fingerprint density at radius 1 is 0.905 bits per heavy atom. The summed E-state index contributed by atoms with van der Waals surface area (Å²) in [5, 5.41) is 21.2. The number of hydrogen-bond donors (Lipinski definition) is 0. The molecule has 0 aliphatic carbocycles. The molecule has 0 N–H and O–H groups in total. The molecule has 0 aliphatic rings. The fourth-order valence-electron chi connectivity index (χ4n) is 1.75. The van der Waals surface area contributed by atoms with Gasteiger partial charge >= 0.3 is 0 Å². The molecule has 8 heteroatoms. The number of carbonyl (C=O) groups is 1. The molecule has 21 heavy (non-hydrogen) atoms. The molecular formula is C13H7ClN2O5. The molecule has 0 atom stereocenters. The first-order chi connectivity index (χ1) is 9.91. The van der Waals surface area contributed by atoms with Crippen molar-refractivity contribution in [1.29, 1.82) is 0 Å². The van der Waals surface area contributed by atoms with Crippen LogP contribution in [-0.4, -0.2) is 15.6 Å². The summed E-state index contributed by atoms with van der Waals surface area (Å²) in [4.78, 5) is 32.3. The van der Waals surface area contributed by atoms with Gasteiger partial charge in [-0.3, -0.25) is 25.0 Å². The molecule has 106 valence electrons. The summed E-state index contributed by atoms with van der Waals surface area (Å²) in [5.74, 6) is -0.557. The largest absolute Gasteiger partial charge is 0.295 e. The van der Waals surface area contributed by atoms with E-state index >= 15 is 0 Å². The average Bonchev–Trinajstić information content (AvgIpc) is 2.47. The van der Waals surface area contributed by atoms with E-state index in [-0.39, 0.29) is 11.1 Å². The van der Waals surface area contributed by atoms with Crippen LogP contribution in [0.4, 0.5) is 11.4 Å². The van der Waals surface area contributed by atoms with Gasteiger partial charge < -0.3 is 0 Å². The van der Waals surface area contributed by atoms with Crippen molar-refractivity contribution in [3.05, 3.63) is 78.8 Å². The van der Waals surface area contributed by atoms with Gasteiger partial charge in [0.2, 0.25) is 0 Å². The van der Waals surface area contributed by atoms with Crippen LogP contribution in [0.1, 0.15) is 15.9 Å². The third kappa shape index (κ3) is 2.87. The van der Waals surface area contributed by atoms with Crippen molar-refractivity contribution in [2.45, 2.75) is 0 Å². The van der Waals surface area contributed by atoms with E-state index in [4.69, 9.17) is 11.6 Å². The van der Waals surface area contributed by atoms with E-state index in [2.05, 4.69) is 0 Å². The second-order valence-electron chi connectivity index (χ2n) is 4.04. The Morgan fingerprint density at radius 2 is 1.38 bits per heavy atom. The lowest BCUT2D eigenvalue weighted by molar-refractivity contribution is -0.393. The van der Waals surface area contributed by atoms with E-state index in [1.54, 1.807) is 18.2 Å². The lowest BCUT2D eigenvalue weighted by atomic mass is 10.0. The smallest absolute Gasteiger partial charge is 0.289 e. The Hall–Kier alpha value is -2.80. The van der Waals surface area contributed by atoms with Gasteiger partial charge in [-0.15, -0.1) is 0 Å². The quantitative estimate of drug-likeness (QED) is 0.489. The predicted molar refractivity (Wildman–Crippen MR) is 74.6 cm³/mol. The second kappa shape index (κ2) is 5.68. The Labute approximate surface area is 123 Å². The molecule has 7 nitrogen and oxygen atoms in total. The van der Waals surface area contributed by atoms with Crippen LogP contribution in [0.3, 0.4) is 0 Å². The van der Waals surface area contributed by atoms with E-state index in [0.29, 0.717) is 0 Å². The Morgan fingerprint density at radius 3 is 1.81 bits per heavy atom. The van der Waals surface area contributed by atoms with Crippen LogP contribution >= 0.6 is 11.6 Å². The Kier molecular flexibility index (Phi) is 3.95. The van der Waals surface area contributed by atoms with Crippen molar-refractivity contribution < 1.29 is 14.6 Å². The molecule has 0 saturated heterocycles. The fourth-order valence-corrected chi connectivity index (χ4v) is 1.99. The molecule has 0 amide bonds. The lowest BCUT2D eigenvalue weighted by Gasteiger charge is -2.03. The summed E-state index contributed by atoms with van der Waals surface area (Å²) >= 11 is 5.63. The molecule has 2 aromatic rings. The maximum Gasteiger partial charge on any atom is 0.295 e. The third-order valence-electron chi connectivity index (χ3n) is 2.73. The molecule has 0 unspecified atom stereocenters. The molecule has 2 rings (SSSR count). The number of halogens is 1. The standard InChI is InChI=1S/C13H7ClN2O5/c14-12-10(15(18)19)6-9(7-11(12)16(20)21)13(17)8-4-2-1-3-5-8/h1-7H. The van der Waals surface area contributed by atoms with Crippen molar-refractivity contribution >= 4 is 28.8 Å². The van der Waals surface area contributed by atoms with Gasteiger partial charge in [-0.05, 0) is 0 Å². The van der Waals surface area contributed by atoms with E-state index < -0.39 is 32.0 Å². The highest BCUT2D eigenvalue weighted by Gasteiger charge is 2.27. The monoisotopic (exact) mass is 306 g/mol. The summed E-state index contributed by atoms with van der Waals surface area (Å²) in [6.07, 6.45) is 0. The molecular weight excluding hydrogens is 300 g/mol.